The molecular formula is C15H19N3O3. The van der Waals surface area contributed by atoms with Crippen molar-refractivity contribution in [1.29, 1.82) is 0 Å². The largest absolute Gasteiger partial charge is 0.478 e. The first-order valence-electron chi connectivity index (χ1n) is 7.30. The summed E-state index contributed by atoms with van der Waals surface area (Å²) in [5, 5.41) is 12.3. The zero-order chi connectivity index (χ0) is 14.8. The van der Waals surface area contributed by atoms with E-state index >= 15 is 0 Å². The van der Waals surface area contributed by atoms with Crippen molar-refractivity contribution in [2.45, 2.75) is 12.8 Å². The molecule has 2 amide bonds. The number of nitrogens with zero attached hydrogens (tertiary/aromatic N) is 2. The smallest absolute Gasteiger partial charge is 0.335 e. The minimum atomic E-state index is -0.929. The van der Waals surface area contributed by atoms with E-state index in [4.69, 9.17) is 5.11 Å². The highest BCUT2D eigenvalue weighted by atomic mass is 16.4. The minimum absolute atomic E-state index is 0.0283. The number of carboxylic acids is 1. The number of benzene rings is 1. The van der Waals surface area contributed by atoms with Crippen molar-refractivity contribution in [2.75, 3.05) is 37.6 Å². The molecular weight excluding hydrogens is 270 g/mol. The predicted molar refractivity (Wildman–Crippen MR) is 78.9 cm³/mol. The van der Waals surface area contributed by atoms with E-state index in [1.807, 2.05) is 4.90 Å². The summed E-state index contributed by atoms with van der Waals surface area (Å²) >= 11 is 0. The maximum absolute atomic E-state index is 12.6. The number of carboxylic acid groups (broad SMARTS) is 1. The average molecular weight is 289 g/mol. The van der Waals surface area contributed by atoms with Gasteiger partial charge in [-0.25, -0.2) is 9.59 Å². The van der Waals surface area contributed by atoms with Gasteiger partial charge in [-0.3, -0.25) is 4.90 Å². The Hall–Kier alpha value is -2.08. The minimum Gasteiger partial charge on any atom is -0.478 e. The number of carbonyl (C=O) groups excluding carboxylic acids is 1. The van der Waals surface area contributed by atoms with Crippen LogP contribution in [-0.2, 0) is 6.42 Å². The van der Waals surface area contributed by atoms with Crippen LogP contribution in [0.15, 0.2) is 18.2 Å². The van der Waals surface area contributed by atoms with E-state index in [2.05, 4.69) is 5.32 Å². The number of urea groups is 1. The van der Waals surface area contributed by atoms with E-state index < -0.39 is 5.97 Å². The molecule has 21 heavy (non-hydrogen) atoms. The average Bonchev–Trinajstić information content (AvgIpc) is 2.71. The fourth-order valence-electron chi connectivity index (χ4n) is 2.94. The Labute approximate surface area is 123 Å². The summed E-state index contributed by atoms with van der Waals surface area (Å²) in [4.78, 5) is 27.3. The number of hydrogen-bond acceptors (Lipinski definition) is 3. The summed E-state index contributed by atoms with van der Waals surface area (Å²) in [5.41, 5.74) is 2.07. The van der Waals surface area contributed by atoms with Crippen molar-refractivity contribution in [3.05, 3.63) is 29.3 Å². The molecule has 1 aromatic carbocycles. The Morgan fingerprint density at radius 3 is 2.81 bits per heavy atom. The van der Waals surface area contributed by atoms with E-state index in [-0.39, 0.29) is 11.6 Å². The summed E-state index contributed by atoms with van der Waals surface area (Å²) < 4.78 is 0. The summed E-state index contributed by atoms with van der Waals surface area (Å²) in [6.07, 6.45) is 1.68. The van der Waals surface area contributed by atoms with Gasteiger partial charge in [0.2, 0.25) is 0 Å². The molecule has 2 N–H and O–H groups in total. The van der Waals surface area contributed by atoms with Crippen LogP contribution in [0.5, 0.6) is 0 Å². The van der Waals surface area contributed by atoms with Crippen LogP contribution < -0.4 is 10.2 Å². The molecule has 0 unspecified atom stereocenters. The van der Waals surface area contributed by atoms with Crippen molar-refractivity contribution in [1.82, 2.24) is 10.2 Å². The van der Waals surface area contributed by atoms with Crippen LogP contribution in [0, 0.1) is 0 Å². The first-order chi connectivity index (χ1) is 10.2. The van der Waals surface area contributed by atoms with Gasteiger partial charge in [-0.15, -0.1) is 0 Å². The zero-order valence-electron chi connectivity index (χ0n) is 11.8. The Morgan fingerprint density at radius 1 is 1.14 bits per heavy atom. The fourth-order valence-corrected chi connectivity index (χ4v) is 2.94. The lowest BCUT2D eigenvalue weighted by Gasteiger charge is -2.27. The predicted octanol–water partition coefficient (Wildman–Crippen LogP) is 1.16. The van der Waals surface area contributed by atoms with Gasteiger partial charge in [0.05, 0.1) is 5.56 Å². The molecule has 2 aliphatic rings. The Bertz CT molecular complexity index is 565. The van der Waals surface area contributed by atoms with Crippen molar-refractivity contribution < 1.29 is 14.7 Å². The standard InChI is InChI=1S/C15H19N3O3/c19-14(20)12-2-3-13-11(10-12)4-8-18(13)15(21)17-7-1-5-16-6-9-17/h2-3,10,16H,1,4-9H2,(H,19,20). The summed E-state index contributed by atoms with van der Waals surface area (Å²) in [7, 11) is 0. The highest BCUT2D eigenvalue weighted by Crippen LogP contribution is 2.29. The Kier molecular flexibility index (Phi) is 3.79. The number of aromatic carboxylic acids is 1. The number of amides is 2. The molecule has 0 radical (unpaired) electrons. The van der Waals surface area contributed by atoms with Crippen molar-refractivity contribution in [2.24, 2.45) is 0 Å². The Morgan fingerprint density at radius 2 is 2.00 bits per heavy atom. The van der Waals surface area contributed by atoms with E-state index in [1.54, 1.807) is 23.1 Å². The second-order valence-corrected chi connectivity index (χ2v) is 5.42. The number of carbonyl (C=O) groups is 2. The molecule has 6 nitrogen and oxygen atoms in total. The number of hydrogen-bond donors (Lipinski definition) is 2. The monoisotopic (exact) mass is 289 g/mol. The Balaban J connectivity index is 1.80. The van der Waals surface area contributed by atoms with E-state index in [1.165, 1.54) is 0 Å². The maximum atomic E-state index is 12.6. The second-order valence-electron chi connectivity index (χ2n) is 5.42. The topological polar surface area (TPSA) is 72.9 Å². The molecule has 2 aliphatic heterocycles. The van der Waals surface area contributed by atoms with Gasteiger partial charge in [0, 0.05) is 31.9 Å². The van der Waals surface area contributed by atoms with Crippen LogP contribution in [0.1, 0.15) is 22.3 Å². The van der Waals surface area contributed by atoms with Gasteiger partial charge in [-0.1, -0.05) is 0 Å². The van der Waals surface area contributed by atoms with Crippen LogP contribution >= 0.6 is 0 Å². The SMILES string of the molecule is O=C(O)c1ccc2c(c1)CCN2C(=O)N1CCCNCC1. The van der Waals surface area contributed by atoms with Crippen LogP contribution in [0.4, 0.5) is 10.5 Å². The van der Waals surface area contributed by atoms with Gasteiger partial charge in [0.25, 0.3) is 0 Å². The number of nitrogens with one attached hydrogen (secondary N) is 1. The molecule has 0 bridgehead atoms. The van der Waals surface area contributed by atoms with Gasteiger partial charge in [0.1, 0.15) is 0 Å². The van der Waals surface area contributed by atoms with Crippen LogP contribution in [0.25, 0.3) is 0 Å². The third-order valence-corrected chi connectivity index (χ3v) is 4.06. The zero-order valence-corrected chi connectivity index (χ0v) is 11.8. The molecule has 0 atom stereocenters. The van der Waals surface area contributed by atoms with E-state index in [0.29, 0.717) is 13.0 Å². The molecule has 1 aromatic rings. The highest BCUT2D eigenvalue weighted by Gasteiger charge is 2.29. The lowest BCUT2D eigenvalue weighted by atomic mass is 10.1. The van der Waals surface area contributed by atoms with Gasteiger partial charge >= 0.3 is 12.0 Å². The van der Waals surface area contributed by atoms with E-state index in [0.717, 1.165) is 43.9 Å². The van der Waals surface area contributed by atoms with Crippen molar-refractivity contribution in [3.63, 3.8) is 0 Å². The summed E-state index contributed by atoms with van der Waals surface area (Å²) in [5.74, 6) is -0.929. The first-order valence-corrected chi connectivity index (χ1v) is 7.30. The molecule has 1 fully saturated rings. The third-order valence-electron chi connectivity index (χ3n) is 4.06. The molecule has 1 saturated heterocycles. The molecule has 0 aromatic heterocycles. The molecule has 2 heterocycles. The molecule has 0 saturated carbocycles. The molecule has 112 valence electrons. The third kappa shape index (κ3) is 2.71. The van der Waals surface area contributed by atoms with Gasteiger partial charge < -0.3 is 15.3 Å². The first kappa shape index (κ1) is 13.9. The summed E-state index contributed by atoms with van der Waals surface area (Å²) in [6, 6.07) is 5.02. The fraction of sp³-hybridized carbons (Fsp3) is 0.467. The molecule has 3 rings (SSSR count). The van der Waals surface area contributed by atoms with Crippen LogP contribution in [0.3, 0.4) is 0 Å². The van der Waals surface area contributed by atoms with Crippen LogP contribution in [0.2, 0.25) is 0 Å². The van der Waals surface area contributed by atoms with Crippen molar-refractivity contribution >= 4 is 17.7 Å². The van der Waals surface area contributed by atoms with Gasteiger partial charge in [0.15, 0.2) is 0 Å². The van der Waals surface area contributed by atoms with Gasteiger partial charge in [-0.05, 0) is 43.1 Å². The lowest BCUT2D eigenvalue weighted by molar-refractivity contribution is 0.0697. The molecule has 0 aliphatic carbocycles. The number of anilines is 1. The maximum Gasteiger partial charge on any atom is 0.335 e. The van der Waals surface area contributed by atoms with E-state index in [9.17, 15) is 9.59 Å². The number of rotatable bonds is 1. The van der Waals surface area contributed by atoms with Crippen LogP contribution in [-0.4, -0.2) is 54.7 Å². The van der Waals surface area contributed by atoms with Crippen molar-refractivity contribution in [3.8, 4) is 0 Å². The number of fused-ring (bicyclic) bond motifs is 1. The normalized spacial score (nSPS) is 18.3. The van der Waals surface area contributed by atoms with Gasteiger partial charge in [-0.2, -0.15) is 0 Å². The quantitative estimate of drug-likeness (QED) is 0.814. The summed E-state index contributed by atoms with van der Waals surface area (Å²) in [6.45, 7) is 3.89. The molecule has 0 spiro atoms. The molecule has 6 heteroatoms. The lowest BCUT2D eigenvalue weighted by Crippen LogP contribution is -2.44. The second kappa shape index (κ2) is 5.73. The highest BCUT2D eigenvalue weighted by molar-refractivity contribution is 5.96.